The van der Waals surface area contributed by atoms with Gasteiger partial charge in [0.15, 0.2) is 5.13 Å². The Kier molecular flexibility index (Phi) is 9.26. The lowest BCUT2D eigenvalue weighted by Crippen LogP contribution is -2.65. The highest BCUT2D eigenvalue weighted by Gasteiger charge is 2.58. The number of nitrogens with one attached hydrogen (secondary N) is 2. The average Bonchev–Trinajstić information content (AvgIpc) is 3.42. The highest BCUT2D eigenvalue weighted by molar-refractivity contribution is 7.89. The van der Waals surface area contributed by atoms with Crippen LogP contribution < -0.4 is 15.8 Å². The molecule has 2 aromatic carbocycles. The molecule has 3 atom stereocenters. The quantitative estimate of drug-likeness (QED) is 0.388. The first kappa shape index (κ1) is 28.8. The van der Waals surface area contributed by atoms with Crippen LogP contribution >= 0.6 is 11.3 Å². The largest absolute Gasteiger partial charge is 0.468 e. The van der Waals surface area contributed by atoms with E-state index in [1.54, 1.807) is 31.3 Å². The number of benzene rings is 2. The van der Waals surface area contributed by atoms with E-state index in [1.807, 2.05) is 42.6 Å². The van der Waals surface area contributed by atoms with Gasteiger partial charge in [-0.05, 0) is 31.5 Å². The number of anilines is 1. The minimum atomic E-state index is -3.50. The number of thiazole rings is 1. The first-order chi connectivity index (χ1) is 18.1. The molecule has 1 aliphatic rings. The molecule has 0 spiro atoms. The third kappa shape index (κ3) is 5.87. The summed E-state index contributed by atoms with van der Waals surface area (Å²) in [7, 11) is -0.830. The number of ether oxygens (including phenoxy) is 2. The molecule has 0 bridgehead atoms. The third-order valence-electron chi connectivity index (χ3n) is 6.22. The molecule has 4 rings (SSSR count). The molecule has 3 unspecified atom stereocenters. The molecule has 0 aliphatic carbocycles. The van der Waals surface area contributed by atoms with Gasteiger partial charge < -0.3 is 20.1 Å². The number of carbonyl (C=O) groups is 2. The zero-order chi connectivity index (χ0) is 27.9. The molecule has 1 aromatic heterocycles. The molecular formula is C26H30N4O6S2. The molecule has 202 valence electrons. The molecular weight excluding hydrogens is 528 g/mol. The first-order valence-electron chi connectivity index (χ1n) is 11.5. The fraction of sp³-hybridized carbons (Fsp3) is 0.269. The Morgan fingerprint density at radius 1 is 1.05 bits per heavy atom. The predicted octanol–water partition coefficient (Wildman–Crippen LogP) is 2.81. The highest BCUT2D eigenvalue weighted by Crippen LogP contribution is 2.42. The Morgan fingerprint density at radius 3 is 2.13 bits per heavy atom. The maximum atomic E-state index is 13.3. The van der Waals surface area contributed by atoms with Gasteiger partial charge in [0.05, 0.1) is 30.7 Å². The molecule has 0 radical (unpaired) electrons. The summed E-state index contributed by atoms with van der Waals surface area (Å²) in [6, 6.07) is 16.1. The van der Waals surface area contributed by atoms with Gasteiger partial charge >= 0.3 is 11.9 Å². The molecule has 12 heteroatoms. The standard InChI is InChI=1S/C20H23N3O4S.C6H7NO2S/c1-12-15(17(24)26-3)16(23-19-21-10-11-28-19)20(13(2)22-12,18(25)27-4)14-8-6-5-7-9-14;7-10(8,9)6-4-2-1-3-5-6/h5-11,13,16,22H,1-4H3,(H,21,23);1-5H,(H2,7,8,9). The Labute approximate surface area is 225 Å². The smallest absolute Gasteiger partial charge is 0.337 e. The van der Waals surface area contributed by atoms with Gasteiger partial charge in [-0.1, -0.05) is 48.5 Å². The van der Waals surface area contributed by atoms with Crippen molar-refractivity contribution in [3.05, 3.63) is 89.1 Å². The summed E-state index contributed by atoms with van der Waals surface area (Å²) in [5, 5.41) is 13.8. The average molecular weight is 559 g/mol. The van der Waals surface area contributed by atoms with Gasteiger partial charge in [-0.15, -0.1) is 11.3 Å². The van der Waals surface area contributed by atoms with E-state index in [1.165, 1.54) is 37.7 Å². The molecule has 0 saturated carbocycles. The number of rotatable bonds is 6. The second kappa shape index (κ2) is 12.2. The van der Waals surface area contributed by atoms with Crippen molar-refractivity contribution in [2.45, 2.75) is 36.2 Å². The second-order valence-corrected chi connectivity index (χ2v) is 10.9. The minimum absolute atomic E-state index is 0.148. The molecule has 10 nitrogen and oxygen atoms in total. The van der Waals surface area contributed by atoms with Gasteiger partial charge in [-0.3, -0.25) is 4.79 Å². The summed E-state index contributed by atoms with van der Waals surface area (Å²) in [5.74, 6) is -0.975. The van der Waals surface area contributed by atoms with Crippen molar-refractivity contribution >= 4 is 38.4 Å². The number of nitrogens with zero attached hydrogens (tertiary/aromatic N) is 1. The van der Waals surface area contributed by atoms with E-state index in [4.69, 9.17) is 14.6 Å². The normalized spacial score (nSPS) is 20.9. The van der Waals surface area contributed by atoms with Gasteiger partial charge in [0, 0.05) is 23.3 Å². The third-order valence-corrected chi connectivity index (χ3v) is 7.85. The van der Waals surface area contributed by atoms with Crippen molar-refractivity contribution in [1.29, 1.82) is 0 Å². The Morgan fingerprint density at radius 2 is 1.66 bits per heavy atom. The number of aromatic nitrogens is 1. The zero-order valence-corrected chi connectivity index (χ0v) is 23.0. The van der Waals surface area contributed by atoms with Crippen LogP contribution in [-0.4, -0.2) is 51.6 Å². The SMILES string of the molecule is COC(=O)C1=C(C)NC(C)C(C(=O)OC)(c2ccccc2)C1Nc1nccs1.NS(=O)(=O)c1ccccc1. The Balaban J connectivity index is 0.000000336. The summed E-state index contributed by atoms with van der Waals surface area (Å²) >= 11 is 1.39. The van der Waals surface area contributed by atoms with Crippen LogP contribution in [0.2, 0.25) is 0 Å². The topological polar surface area (TPSA) is 150 Å². The molecule has 0 saturated heterocycles. The van der Waals surface area contributed by atoms with Crippen LogP contribution in [0.3, 0.4) is 0 Å². The van der Waals surface area contributed by atoms with Crippen LogP contribution in [0.1, 0.15) is 19.4 Å². The molecule has 38 heavy (non-hydrogen) atoms. The monoisotopic (exact) mass is 558 g/mol. The van der Waals surface area contributed by atoms with Crippen LogP contribution in [-0.2, 0) is 34.5 Å². The van der Waals surface area contributed by atoms with Gasteiger partial charge in [-0.2, -0.15) is 0 Å². The number of esters is 2. The van der Waals surface area contributed by atoms with Gasteiger partial charge in [0.1, 0.15) is 5.41 Å². The number of sulfonamides is 1. The second-order valence-electron chi connectivity index (χ2n) is 8.40. The maximum Gasteiger partial charge on any atom is 0.337 e. The molecule has 4 N–H and O–H groups in total. The number of nitrogens with two attached hydrogens (primary N) is 1. The van der Waals surface area contributed by atoms with E-state index >= 15 is 0 Å². The van der Waals surface area contributed by atoms with Gasteiger partial charge in [0.2, 0.25) is 10.0 Å². The van der Waals surface area contributed by atoms with Crippen molar-refractivity contribution in [2.75, 3.05) is 19.5 Å². The van der Waals surface area contributed by atoms with E-state index in [-0.39, 0.29) is 10.9 Å². The molecule has 0 amide bonds. The van der Waals surface area contributed by atoms with Crippen LogP contribution in [0.5, 0.6) is 0 Å². The van der Waals surface area contributed by atoms with Crippen LogP contribution in [0.4, 0.5) is 5.13 Å². The van der Waals surface area contributed by atoms with E-state index in [0.29, 0.717) is 16.4 Å². The van der Waals surface area contributed by atoms with Crippen molar-refractivity contribution in [3.8, 4) is 0 Å². The number of primary sulfonamides is 1. The summed E-state index contributed by atoms with van der Waals surface area (Å²) < 4.78 is 31.5. The lowest BCUT2D eigenvalue weighted by molar-refractivity contribution is -0.149. The highest BCUT2D eigenvalue weighted by atomic mass is 32.2. The summed E-state index contributed by atoms with van der Waals surface area (Å²) in [4.78, 5) is 30.5. The lowest BCUT2D eigenvalue weighted by atomic mass is 9.64. The van der Waals surface area contributed by atoms with Crippen LogP contribution in [0, 0.1) is 0 Å². The summed E-state index contributed by atoms with van der Waals surface area (Å²) in [6.45, 7) is 3.70. The molecule has 0 fully saturated rings. The zero-order valence-electron chi connectivity index (χ0n) is 21.4. The van der Waals surface area contributed by atoms with E-state index in [2.05, 4.69) is 15.6 Å². The number of hydrogen-bond donors (Lipinski definition) is 3. The van der Waals surface area contributed by atoms with E-state index in [0.717, 1.165) is 5.56 Å². The minimum Gasteiger partial charge on any atom is -0.468 e. The van der Waals surface area contributed by atoms with Crippen LogP contribution in [0.25, 0.3) is 0 Å². The number of allylic oxidation sites excluding steroid dienone is 1. The van der Waals surface area contributed by atoms with Crippen LogP contribution in [0.15, 0.2) is 88.4 Å². The fourth-order valence-corrected chi connectivity index (χ4v) is 5.61. The van der Waals surface area contributed by atoms with Gasteiger partial charge in [-0.25, -0.2) is 23.3 Å². The summed E-state index contributed by atoms with van der Waals surface area (Å²) in [5.41, 5.74) is 0.490. The predicted molar refractivity (Wildman–Crippen MR) is 145 cm³/mol. The first-order valence-corrected chi connectivity index (χ1v) is 13.9. The fourth-order valence-electron chi connectivity index (χ4n) is 4.52. The lowest BCUT2D eigenvalue weighted by Gasteiger charge is -2.47. The molecule has 3 aromatic rings. The van der Waals surface area contributed by atoms with Crippen molar-refractivity contribution in [1.82, 2.24) is 10.3 Å². The van der Waals surface area contributed by atoms with E-state index in [9.17, 15) is 18.0 Å². The van der Waals surface area contributed by atoms with Crippen molar-refractivity contribution < 1.29 is 27.5 Å². The van der Waals surface area contributed by atoms with Crippen molar-refractivity contribution in [2.24, 2.45) is 5.14 Å². The van der Waals surface area contributed by atoms with Gasteiger partial charge in [0.25, 0.3) is 0 Å². The number of carbonyl (C=O) groups excluding carboxylic acids is 2. The molecule has 1 aliphatic heterocycles. The maximum absolute atomic E-state index is 13.3. The Bertz CT molecular complexity index is 1380. The van der Waals surface area contributed by atoms with E-state index < -0.39 is 33.4 Å². The van der Waals surface area contributed by atoms with Crippen molar-refractivity contribution in [3.63, 3.8) is 0 Å². The summed E-state index contributed by atoms with van der Waals surface area (Å²) in [6.07, 6.45) is 1.66. The Hall–Kier alpha value is -3.74. The number of methoxy groups -OCH3 is 2. The number of hydrogen-bond acceptors (Lipinski definition) is 10. The molecule has 2 heterocycles.